The molecule has 0 unspecified atom stereocenters. The molecule has 0 saturated carbocycles. The van der Waals surface area contributed by atoms with E-state index in [0.29, 0.717) is 18.7 Å². The number of hydrogen-bond donors (Lipinski definition) is 1. The summed E-state index contributed by atoms with van der Waals surface area (Å²) in [6.07, 6.45) is 1.74. The quantitative estimate of drug-likeness (QED) is 0.870. The summed E-state index contributed by atoms with van der Waals surface area (Å²) in [6, 6.07) is 6.13. The molecule has 4 rings (SSSR count). The highest BCUT2D eigenvalue weighted by atomic mass is 35.5. The van der Waals surface area contributed by atoms with Crippen molar-refractivity contribution in [1.29, 1.82) is 5.26 Å². The van der Waals surface area contributed by atoms with Crippen LogP contribution in [-0.2, 0) is 14.8 Å². The Kier molecular flexibility index (Phi) is 3.68. The van der Waals surface area contributed by atoms with E-state index in [4.69, 9.17) is 21.6 Å². The lowest BCUT2D eigenvalue weighted by atomic mass is 9.74. The molecule has 0 aromatic heterocycles. The molecule has 3 aliphatic rings. The van der Waals surface area contributed by atoms with Gasteiger partial charge in [0.25, 0.3) is 0 Å². The van der Waals surface area contributed by atoms with Crippen LogP contribution in [0.3, 0.4) is 0 Å². The lowest BCUT2D eigenvalue weighted by Gasteiger charge is -2.27. The molecule has 0 aliphatic carbocycles. The largest absolute Gasteiger partial charge is 0.396 e. The third-order valence-electron chi connectivity index (χ3n) is 5.64. The van der Waals surface area contributed by atoms with E-state index in [1.165, 1.54) is 22.5 Å². The van der Waals surface area contributed by atoms with Gasteiger partial charge < -0.3 is 9.84 Å². The van der Waals surface area contributed by atoms with Crippen LogP contribution < -0.4 is 0 Å². The number of sulfonamides is 1. The Morgan fingerprint density at radius 1 is 1.50 bits per heavy atom. The second kappa shape index (κ2) is 5.41. The third kappa shape index (κ3) is 2.14. The number of nitrogens with zero attached hydrogens (tertiary/aromatic N) is 2. The van der Waals surface area contributed by atoms with Crippen molar-refractivity contribution < 1.29 is 18.3 Å². The summed E-state index contributed by atoms with van der Waals surface area (Å²) in [5.41, 5.74) is -0.150. The van der Waals surface area contributed by atoms with Gasteiger partial charge in [0.1, 0.15) is 4.90 Å². The Morgan fingerprint density at radius 2 is 2.29 bits per heavy atom. The van der Waals surface area contributed by atoms with Gasteiger partial charge in [0.15, 0.2) is 0 Å². The van der Waals surface area contributed by atoms with Crippen molar-refractivity contribution in [3.05, 3.63) is 28.8 Å². The normalized spacial score (nSPS) is 35.1. The van der Waals surface area contributed by atoms with Gasteiger partial charge in [-0.15, -0.1) is 0 Å². The maximum Gasteiger partial charge on any atom is 0.244 e. The molecule has 1 spiro atoms. The molecule has 3 heterocycles. The van der Waals surface area contributed by atoms with Gasteiger partial charge in [-0.25, -0.2) is 8.42 Å². The molecule has 24 heavy (non-hydrogen) atoms. The Bertz CT molecular complexity index is 837. The molecule has 8 heteroatoms. The molecular weight excluding hydrogens is 352 g/mol. The number of halogens is 1. The highest BCUT2D eigenvalue weighted by Gasteiger charge is 2.64. The molecule has 4 atom stereocenters. The topological polar surface area (TPSA) is 90.6 Å². The lowest BCUT2D eigenvalue weighted by molar-refractivity contribution is 0.00644. The van der Waals surface area contributed by atoms with Crippen molar-refractivity contribution >= 4 is 21.6 Å². The number of benzene rings is 1. The van der Waals surface area contributed by atoms with Gasteiger partial charge in [-0.3, -0.25) is 0 Å². The van der Waals surface area contributed by atoms with Crippen LogP contribution in [0, 0.1) is 23.2 Å². The van der Waals surface area contributed by atoms with Crippen molar-refractivity contribution in [2.24, 2.45) is 11.8 Å². The molecule has 1 aromatic rings. The van der Waals surface area contributed by atoms with E-state index >= 15 is 0 Å². The van der Waals surface area contributed by atoms with E-state index in [0.717, 1.165) is 12.8 Å². The number of nitriles is 1. The van der Waals surface area contributed by atoms with Crippen LogP contribution in [0.15, 0.2) is 23.1 Å². The van der Waals surface area contributed by atoms with Crippen LogP contribution in [0.4, 0.5) is 0 Å². The summed E-state index contributed by atoms with van der Waals surface area (Å²) >= 11 is 6.10. The summed E-state index contributed by atoms with van der Waals surface area (Å²) in [7, 11) is -3.77. The smallest absolute Gasteiger partial charge is 0.244 e. The van der Waals surface area contributed by atoms with Crippen LogP contribution in [0.2, 0.25) is 5.02 Å². The SMILES string of the molecule is N#Cc1ccc(S(=O)(=O)N2C[C@@H]3[C@H](CO)[C@H]4CC[C@]3(C2)O4)c(Cl)c1. The van der Waals surface area contributed by atoms with Crippen molar-refractivity contribution in [3.8, 4) is 6.07 Å². The van der Waals surface area contributed by atoms with E-state index in [1.807, 2.05) is 6.07 Å². The Morgan fingerprint density at radius 3 is 2.96 bits per heavy atom. The average molecular weight is 369 g/mol. The van der Waals surface area contributed by atoms with Crippen molar-refractivity contribution in [1.82, 2.24) is 4.31 Å². The molecule has 0 amide bonds. The molecule has 3 fully saturated rings. The summed E-state index contributed by atoms with van der Waals surface area (Å²) in [6.45, 7) is 0.645. The van der Waals surface area contributed by atoms with Crippen LogP contribution >= 0.6 is 11.6 Å². The van der Waals surface area contributed by atoms with Gasteiger partial charge >= 0.3 is 0 Å². The molecule has 0 radical (unpaired) electrons. The molecule has 1 N–H and O–H groups in total. The zero-order chi connectivity index (χ0) is 17.1. The third-order valence-corrected chi connectivity index (χ3v) is 7.94. The van der Waals surface area contributed by atoms with Gasteiger partial charge in [-0.05, 0) is 31.0 Å². The first kappa shape index (κ1) is 16.3. The molecule has 1 aromatic carbocycles. The van der Waals surface area contributed by atoms with E-state index in [1.54, 1.807) is 0 Å². The second-order valence-electron chi connectivity index (χ2n) is 6.77. The Hall–Kier alpha value is -1.17. The van der Waals surface area contributed by atoms with Crippen LogP contribution in [0.5, 0.6) is 0 Å². The molecule has 3 saturated heterocycles. The number of fused-ring (bicyclic) bond motifs is 1. The molecule has 3 aliphatic heterocycles. The highest BCUT2D eigenvalue weighted by Crippen LogP contribution is 2.55. The molecule has 128 valence electrons. The first-order chi connectivity index (χ1) is 11.4. The van der Waals surface area contributed by atoms with Gasteiger partial charge in [-0.2, -0.15) is 9.57 Å². The summed E-state index contributed by atoms with van der Waals surface area (Å²) in [5.74, 6) is 0.0172. The lowest BCUT2D eigenvalue weighted by Crippen LogP contribution is -2.38. The van der Waals surface area contributed by atoms with Crippen LogP contribution in [0.25, 0.3) is 0 Å². The monoisotopic (exact) mass is 368 g/mol. The van der Waals surface area contributed by atoms with Gasteiger partial charge in [0.05, 0.1) is 28.4 Å². The van der Waals surface area contributed by atoms with E-state index in [-0.39, 0.29) is 34.5 Å². The van der Waals surface area contributed by atoms with E-state index < -0.39 is 15.6 Å². The zero-order valence-corrected chi connectivity index (χ0v) is 14.4. The maximum absolute atomic E-state index is 13.0. The molecular formula is C16H17ClN2O4S. The second-order valence-corrected chi connectivity index (χ2v) is 9.08. The number of rotatable bonds is 3. The fourth-order valence-electron chi connectivity index (χ4n) is 4.49. The summed E-state index contributed by atoms with van der Waals surface area (Å²) < 4.78 is 33.5. The van der Waals surface area contributed by atoms with Gasteiger partial charge in [0.2, 0.25) is 10.0 Å². The van der Waals surface area contributed by atoms with Crippen molar-refractivity contribution in [3.63, 3.8) is 0 Å². The summed E-state index contributed by atoms with van der Waals surface area (Å²) in [4.78, 5) is 0.00892. The highest BCUT2D eigenvalue weighted by molar-refractivity contribution is 7.89. The fraction of sp³-hybridized carbons (Fsp3) is 0.562. The Labute approximate surface area is 145 Å². The van der Waals surface area contributed by atoms with Crippen LogP contribution in [-0.4, -0.2) is 49.2 Å². The number of hydrogen-bond acceptors (Lipinski definition) is 5. The minimum atomic E-state index is -3.77. The fourth-order valence-corrected chi connectivity index (χ4v) is 6.54. The predicted octanol–water partition coefficient (Wildman–Crippen LogP) is 1.37. The number of ether oxygens (including phenoxy) is 1. The maximum atomic E-state index is 13.0. The minimum Gasteiger partial charge on any atom is -0.396 e. The van der Waals surface area contributed by atoms with Crippen molar-refractivity contribution in [2.75, 3.05) is 19.7 Å². The Balaban J connectivity index is 1.67. The van der Waals surface area contributed by atoms with Gasteiger partial charge in [0, 0.05) is 31.5 Å². The van der Waals surface area contributed by atoms with Gasteiger partial charge in [-0.1, -0.05) is 11.6 Å². The standard InChI is InChI=1S/C16H17ClN2O4S/c17-13-5-10(6-18)1-2-15(13)24(21,22)19-7-12-11(8-20)14-3-4-16(12,9-19)23-14/h1-2,5,11-12,14,20H,3-4,7-9H2/t11-,12+,14+,16+/m0/s1. The summed E-state index contributed by atoms with van der Waals surface area (Å²) in [5, 5.41) is 18.6. The predicted molar refractivity (Wildman–Crippen MR) is 85.8 cm³/mol. The average Bonchev–Trinajstić information content (AvgIpc) is 3.21. The first-order valence-corrected chi connectivity index (χ1v) is 9.71. The van der Waals surface area contributed by atoms with Crippen LogP contribution in [0.1, 0.15) is 18.4 Å². The molecule has 6 nitrogen and oxygen atoms in total. The molecule has 2 bridgehead atoms. The number of aliphatic hydroxyl groups is 1. The first-order valence-electron chi connectivity index (χ1n) is 7.90. The zero-order valence-electron chi connectivity index (χ0n) is 12.9. The van der Waals surface area contributed by atoms with E-state index in [9.17, 15) is 13.5 Å². The van der Waals surface area contributed by atoms with Crippen molar-refractivity contribution in [2.45, 2.75) is 29.4 Å². The van der Waals surface area contributed by atoms with E-state index in [2.05, 4.69) is 0 Å². The number of aliphatic hydroxyl groups excluding tert-OH is 1. The minimum absolute atomic E-state index is 0.00427.